The molecule has 184 valence electrons. The highest BCUT2D eigenvalue weighted by atomic mass is 35.5. The van der Waals surface area contributed by atoms with E-state index in [0.29, 0.717) is 10.9 Å². The number of amides is 1. The van der Waals surface area contributed by atoms with Gasteiger partial charge in [-0.2, -0.15) is 5.26 Å². The van der Waals surface area contributed by atoms with Crippen LogP contribution in [-0.2, 0) is 6.54 Å². The molecule has 3 aromatic carbocycles. The first-order valence-corrected chi connectivity index (χ1v) is 10.8. The second-order valence-corrected chi connectivity index (χ2v) is 8.25. The predicted molar refractivity (Wildman–Crippen MR) is 124 cm³/mol. The summed E-state index contributed by atoms with van der Waals surface area (Å²) in [6.45, 7) is -0.255. The quantitative estimate of drug-likeness (QED) is 0.256. The monoisotopic (exact) mass is 537 g/mol. The van der Waals surface area contributed by atoms with Crippen LogP contribution in [0.5, 0.6) is 17.2 Å². The average Bonchev–Trinajstić information content (AvgIpc) is 3.23. The summed E-state index contributed by atoms with van der Waals surface area (Å²) < 4.78 is 61.8. The first-order chi connectivity index (χ1) is 17.0. The number of nitrogens with zero attached hydrogens (tertiary/aromatic N) is 1. The smallest absolute Gasteiger partial charge is 0.453 e. The lowest BCUT2D eigenvalue weighted by atomic mass is 10.2. The summed E-state index contributed by atoms with van der Waals surface area (Å²) in [7, 11) is 0. The van der Waals surface area contributed by atoms with Gasteiger partial charge in [0.1, 0.15) is 17.2 Å². The van der Waals surface area contributed by atoms with Gasteiger partial charge in [0.15, 0.2) is 11.6 Å². The number of fused-ring (bicyclic) bond motifs is 1. The molecular weight excluding hydrogens is 525 g/mol. The number of halogens is 6. The van der Waals surface area contributed by atoms with Crippen molar-refractivity contribution in [1.82, 2.24) is 10.3 Å². The van der Waals surface area contributed by atoms with Crippen LogP contribution in [0.3, 0.4) is 0 Å². The first-order valence-electron chi connectivity index (χ1n) is 10.0. The molecule has 0 fully saturated rings. The Hall–Kier alpha value is -3.94. The number of nitriles is 1. The van der Waals surface area contributed by atoms with E-state index in [-0.39, 0.29) is 44.9 Å². The average molecular weight is 538 g/mol. The molecule has 0 saturated heterocycles. The van der Waals surface area contributed by atoms with E-state index >= 15 is 4.39 Å². The van der Waals surface area contributed by atoms with Gasteiger partial charge in [-0.1, -0.05) is 29.3 Å². The maximum Gasteiger partial charge on any atom is 0.573 e. The fourth-order valence-electron chi connectivity index (χ4n) is 3.31. The summed E-state index contributed by atoms with van der Waals surface area (Å²) in [5.74, 6) is -2.13. The van der Waals surface area contributed by atoms with Gasteiger partial charge >= 0.3 is 6.36 Å². The number of hydrogen-bond donors (Lipinski definition) is 2. The number of hydrogen-bond acceptors (Lipinski definition) is 4. The van der Waals surface area contributed by atoms with E-state index in [1.54, 1.807) is 0 Å². The van der Waals surface area contributed by atoms with Crippen molar-refractivity contribution in [2.45, 2.75) is 12.9 Å². The van der Waals surface area contributed by atoms with E-state index in [0.717, 1.165) is 12.1 Å². The van der Waals surface area contributed by atoms with Gasteiger partial charge in [-0.05, 0) is 48.5 Å². The Morgan fingerprint density at radius 2 is 1.83 bits per heavy atom. The molecule has 0 atom stereocenters. The minimum absolute atomic E-state index is 0.0438. The number of aromatic nitrogens is 1. The van der Waals surface area contributed by atoms with Gasteiger partial charge in [-0.25, -0.2) is 4.39 Å². The number of carbonyl (C=O) groups is 1. The molecule has 0 unspecified atom stereocenters. The SMILES string of the molecule is N#Cc1cc(Cl)cc(Oc2c(Cl)ccc(CNC(=O)c3cc4cc(OC(F)(F)F)ccc4[nH]3)c2F)c1. The summed E-state index contributed by atoms with van der Waals surface area (Å²) >= 11 is 12.0. The van der Waals surface area contributed by atoms with Gasteiger partial charge in [0, 0.05) is 28.0 Å². The summed E-state index contributed by atoms with van der Waals surface area (Å²) in [5, 5.41) is 12.1. The highest BCUT2D eigenvalue weighted by Crippen LogP contribution is 2.35. The number of ether oxygens (including phenoxy) is 2. The molecule has 0 saturated carbocycles. The molecule has 0 bridgehead atoms. The Morgan fingerprint density at radius 1 is 1.06 bits per heavy atom. The molecule has 0 spiro atoms. The first kappa shape index (κ1) is 25.2. The summed E-state index contributed by atoms with van der Waals surface area (Å²) in [6, 6.07) is 13.7. The highest BCUT2D eigenvalue weighted by Gasteiger charge is 2.31. The maximum atomic E-state index is 15.1. The molecule has 1 heterocycles. The second kappa shape index (κ2) is 9.97. The standard InChI is InChI=1S/C24H13Cl2F4N3O3/c25-15-5-12(10-31)6-17(9-15)35-22-18(26)3-1-13(21(22)27)11-32-23(34)20-8-14-7-16(36-24(28,29)30)2-4-19(14)33-20/h1-9,33H,11H2,(H,32,34). The number of carbonyl (C=O) groups excluding carboxylic acids is 1. The van der Waals surface area contributed by atoms with Crippen LogP contribution in [0.1, 0.15) is 21.6 Å². The van der Waals surface area contributed by atoms with Crippen molar-refractivity contribution in [1.29, 1.82) is 5.26 Å². The molecule has 12 heteroatoms. The molecule has 0 radical (unpaired) electrons. The van der Waals surface area contributed by atoms with Gasteiger partial charge in [0.2, 0.25) is 0 Å². The molecule has 0 aliphatic carbocycles. The zero-order chi connectivity index (χ0) is 26.0. The zero-order valence-electron chi connectivity index (χ0n) is 17.8. The number of benzene rings is 3. The fraction of sp³-hybridized carbons (Fsp3) is 0.0833. The van der Waals surface area contributed by atoms with Gasteiger partial charge < -0.3 is 19.8 Å². The third-order valence-electron chi connectivity index (χ3n) is 4.86. The lowest BCUT2D eigenvalue weighted by Gasteiger charge is -2.13. The molecule has 1 aromatic heterocycles. The minimum Gasteiger partial charge on any atom is -0.453 e. The molecule has 0 aliphatic heterocycles. The van der Waals surface area contributed by atoms with Gasteiger partial charge in [0.25, 0.3) is 5.91 Å². The van der Waals surface area contributed by atoms with E-state index in [4.69, 9.17) is 33.2 Å². The molecule has 2 N–H and O–H groups in total. The van der Waals surface area contributed by atoms with Crippen LogP contribution in [0.25, 0.3) is 10.9 Å². The van der Waals surface area contributed by atoms with E-state index in [1.165, 1.54) is 42.5 Å². The van der Waals surface area contributed by atoms with Gasteiger partial charge in [-0.3, -0.25) is 4.79 Å². The van der Waals surface area contributed by atoms with E-state index in [9.17, 15) is 18.0 Å². The van der Waals surface area contributed by atoms with Crippen LogP contribution in [0.15, 0.2) is 54.6 Å². The van der Waals surface area contributed by atoms with Crippen molar-refractivity contribution in [2.75, 3.05) is 0 Å². The topological polar surface area (TPSA) is 87.1 Å². The number of nitrogens with one attached hydrogen (secondary N) is 2. The van der Waals surface area contributed by atoms with Crippen molar-refractivity contribution in [2.24, 2.45) is 0 Å². The van der Waals surface area contributed by atoms with Crippen molar-refractivity contribution < 1.29 is 31.8 Å². The van der Waals surface area contributed by atoms with E-state index < -0.39 is 23.8 Å². The van der Waals surface area contributed by atoms with Crippen molar-refractivity contribution >= 4 is 40.0 Å². The largest absolute Gasteiger partial charge is 0.573 e. The van der Waals surface area contributed by atoms with E-state index in [2.05, 4.69) is 15.0 Å². The second-order valence-electron chi connectivity index (χ2n) is 7.40. The number of aromatic amines is 1. The van der Waals surface area contributed by atoms with Crippen molar-refractivity contribution in [3.05, 3.63) is 87.3 Å². The Kier molecular flexibility index (Phi) is 6.97. The highest BCUT2D eigenvalue weighted by molar-refractivity contribution is 6.32. The predicted octanol–water partition coefficient (Wildman–Crippen LogP) is 7.11. The third-order valence-corrected chi connectivity index (χ3v) is 5.38. The zero-order valence-corrected chi connectivity index (χ0v) is 19.4. The Bertz CT molecular complexity index is 1510. The molecular formula is C24H13Cl2F4N3O3. The Labute approximate surface area is 210 Å². The lowest BCUT2D eigenvalue weighted by molar-refractivity contribution is -0.274. The molecule has 1 amide bonds. The van der Waals surface area contributed by atoms with Crippen LogP contribution < -0.4 is 14.8 Å². The summed E-state index contributed by atoms with van der Waals surface area (Å²) in [4.78, 5) is 15.4. The number of H-pyrrole nitrogens is 1. The maximum absolute atomic E-state index is 15.1. The molecule has 36 heavy (non-hydrogen) atoms. The van der Waals surface area contributed by atoms with Crippen LogP contribution >= 0.6 is 23.2 Å². The number of alkyl halides is 3. The van der Waals surface area contributed by atoms with Crippen molar-refractivity contribution in [3.8, 4) is 23.3 Å². The third kappa shape index (κ3) is 5.82. The Morgan fingerprint density at radius 3 is 2.56 bits per heavy atom. The van der Waals surface area contributed by atoms with Crippen LogP contribution in [0.2, 0.25) is 10.0 Å². The summed E-state index contributed by atoms with van der Waals surface area (Å²) in [5.41, 5.74) is 0.694. The normalized spacial score (nSPS) is 11.2. The van der Waals surface area contributed by atoms with Gasteiger partial charge in [0.05, 0.1) is 16.7 Å². The molecule has 4 rings (SSSR count). The fourth-order valence-corrected chi connectivity index (χ4v) is 3.72. The molecule has 0 aliphatic rings. The number of rotatable bonds is 6. The minimum atomic E-state index is -4.85. The van der Waals surface area contributed by atoms with Gasteiger partial charge in [-0.15, -0.1) is 13.2 Å². The Balaban J connectivity index is 1.50. The van der Waals surface area contributed by atoms with Crippen molar-refractivity contribution in [3.63, 3.8) is 0 Å². The summed E-state index contributed by atoms with van der Waals surface area (Å²) in [6.07, 6.45) is -4.85. The van der Waals surface area contributed by atoms with Crippen LogP contribution in [0.4, 0.5) is 17.6 Å². The molecule has 4 aromatic rings. The lowest BCUT2D eigenvalue weighted by Crippen LogP contribution is -2.23. The van der Waals surface area contributed by atoms with Crippen LogP contribution in [-0.4, -0.2) is 17.3 Å². The van der Waals surface area contributed by atoms with E-state index in [1.807, 2.05) is 6.07 Å². The molecule has 6 nitrogen and oxygen atoms in total. The van der Waals surface area contributed by atoms with Crippen LogP contribution in [0, 0.1) is 17.1 Å².